The second-order valence-electron chi connectivity index (χ2n) is 9.39. The Morgan fingerprint density at radius 3 is 2.15 bits per heavy atom. The summed E-state index contributed by atoms with van der Waals surface area (Å²) in [6, 6.07) is 27.8. The molecule has 1 amide bonds. The lowest BCUT2D eigenvalue weighted by Crippen LogP contribution is -2.43. The molecule has 1 aliphatic rings. The van der Waals surface area contributed by atoms with Crippen LogP contribution in [0.25, 0.3) is 11.1 Å². The van der Waals surface area contributed by atoms with E-state index >= 15 is 0 Å². The fourth-order valence-electron chi connectivity index (χ4n) is 4.94. The molecule has 5 rings (SSSR count). The molecule has 0 saturated carbocycles. The minimum atomic E-state index is -1.46. The summed E-state index contributed by atoms with van der Waals surface area (Å²) in [5, 5.41) is 23.8. The number of carbonyl (C=O) groups excluding carboxylic acids is 1. The third-order valence-electron chi connectivity index (χ3n) is 6.85. The van der Waals surface area contributed by atoms with Gasteiger partial charge in [-0.1, -0.05) is 78.9 Å². The van der Waals surface area contributed by atoms with E-state index in [-0.39, 0.29) is 36.8 Å². The van der Waals surface area contributed by atoms with Crippen molar-refractivity contribution in [3.63, 3.8) is 0 Å². The van der Waals surface area contributed by atoms with Crippen LogP contribution in [0.2, 0.25) is 0 Å². The number of carboxylic acids is 1. The van der Waals surface area contributed by atoms with Gasteiger partial charge in [0, 0.05) is 24.0 Å². The summed E-state index contributed by atoms with van der Waals surface area (Å²) < 4.78 is 11.2. The van der Waals surface area contributed by atoms with Crippen LogP contribution in [-0.4, -0.2) is 34.7 Å². The van der Waals surface area contributed by atoms with Gasteiger partial charge in [0.05, 0.1) is 4.92 Å². The van der Waals surface area contributed by atoms with Gasteiger partial charge in [-0.15, -0.1) is 0 Å². The zero-order chi connectivity index (χ0) is 28.1. The van der Waals surface area contributed by atoms with E-state index in [1.165, 1.54) is 18.2 Å². The van der Waals surface area contributed by atoms with Crippen LogP contribution < -0.4 is 10.1 Å². The molecule has 0 spiro atoms. The third kappa shape index (κ3) is 5.78. The minimum absolute atomic E-state index is 0.00909. The van der Waals surface area contributed by atoms with Crippen LogP contribution in [0.5, 0.6) is 5.75 Å². The number of alkyl carbamates (subject to hydrolysis) is 1. The Kier molecular flexibility index (Phi) is 7.72. The maximum atomic E-state index is 12.7. The molecule has 0 unspecified atom stereocenters. The van der Waals surface area contributed by atoms with Gasteiger partial charge in [-0.2, -0.15) is 0 Å². The number of nitrogens with one attached hydrogen (secondary N) is 1. The van der Waals surface area contributed by atoms with Crippen molar-refractivity contribution in [3.05, 3.63) is 129 Å². The summed E-state index contributed by atoms with van der Waals surface area (Å²) in [6.07, 6.45) is -1.26. The number of fused-ring (bicyclic) bond motifs is 3. The highest BCUT2D eigenvalue weighted by molar-refractivity contribution is 5.81. The van der Waals surface area contributed by atoms with E-state index in [1.54, 1.807) is 0 Å². The Balaban J connectivity index is 1.27. The quantitative estimate of drug-likeness (QED) is 0.196. The lowest BCUT2D eigenvalue weighted by Gasteiger charge is -2.18. The molecule has 0 fully saturated rings. The maximum Gasteiger partial charge on any atom is 0.407 e. The molecule has 1 atom stereocenters. The molecule has 0 radical (unpaired) electrons. The first-order valence-electron chi connectivity index (χ1n) is 12.7. The Labute approximate surface area is 230 Å². The molecular formula is C31H26N2O7. The number of nitrogens with zero attached hydrogens (tertiary/aromatic N) is 1. The molecular weight excluding hydrogens is 512 g/mol. The molecule has 0 bridgehead atoms. The fraction of sp³-hybridized carbons (Fsp3) is 0.161. The second kappa shape index (κ2) is 11.7. The number of hydrogen-bond acceptors (Lipinski definition) is 6. The SMILES string of the molecule is O=C(N[C@@H](Cc1cc(OCc2ccccc2)ccc1[N+](=O)[O-])C(=O)O)OCC1c2ccccc2-c2ccccc21. The summed E-state index contributed by atoms with van der Waals surface area (Å²) in [5.74, 6) is -1.20. The predicted molar refractivity (Wildman–Crippen MR) is 147 cm³/mol. The van der Waals surface area contributed by atoms with Crippen LogP contribution >= 0.6 is 0 Å². The van der Waals surface area contributed by atoms with E-state index in [0.717, 1.165) is 27.8 Å². The number of rotatable bonds is 10. The van der Waals surface area contributed by atoms with E-state index < -0.39 is 23.0 Å². The summed E-state index contributed by atoms with van der Waals surface area (Å²) in [5.41, 5.74) is 4.93. The van der Waals surface area contributed by atoms with Crippen molar-refractivity contribution in [2.45, 2.75) is 25.0 Å². The van der Waals surface area contributed by atoms with Crippen molar-refractivity contribution >= 4 is 17.7 Å². The summed E-state index contributed by atoms with van der Waals surface area (Å²) in [4.78, 5) is 35.8. The van der Waals surface area contributed by atoms with Gasteiger partial charge < -0.3 is 19.9 Å². The van der Waals surface area contributed by atoms with Gasteiger partial charge >= 0.3 is 12.1 Å². The summed E-state index contributed by atoms with van der Waals surface area (Å²) >= 11 is 0. The van der Waals surface area contributed by atoms with Crippen molar-refractivity contribution in [1.29, 1.82) is 0 Å². The monoisotopic (exact) mass is 538 g/mol. The number of benzene rings is 4. The standard InChI is InChI=1S/C31H26N2O7/c34-30(35)28(17-21-16-22(14-15-29(21)33(37)38)39-18-20-8-2-1-3-9-20)32-31(36)40-19-27-25-12-6-4-10-23(25)24-11-5-7-13-26(24)27/h1-16,27-28H,17-19H2,(H,32,36)(H,34,35)/t28-/m0/s1. The lowest BCUT2D eigenvalue weighted by atomic mass is 9.98. The minimum Gasteiger partial charge on any atom is -0.489 e. The highest BCUT2D eigenvalue weighted by atomic mass is 16.6. The van der Waals surface area contributed by atoms with Gasteiger partial charge in [-0.05, 0) is 39.9 Å². The Morgan fingerprint density at radius 2 is 1.52 bits per heavy atom. The van der Waals surface area contributed by atoms with Crippen molar-refractivity contribution < 1.29 is 29.1 Å². The van der Waals surface area contributed by atoms with Crippen molar-refractivity contribution in [3.8, 4) is 16.9 Å². The van der Waals surface area contributed by atoms with Crippen LogP contribution in [0.15, 0.2) is 97.1 Å². The number of nitro groups is 1. The second-order valence-corrected chi connectivity index (χ2v) is 9.39. The molecule has 9 heteroatoms. The number of nitro benzene ring substituents is 1. The van der Waals surface area contributed by atoms with Gasteiger partial charge in [0.15, 0.2) is 0 Å². The highest BCUT2D eigenvalue weighted by Gasteiger charge is 2.30. The molecule has 0 aliphatic heterocycles. The number of ether oxygens (including phenoxy) is 2. The van der Waals surface area contributed by atoms with Crippen LogP contribution in [0.3, 0.4) is 0 Å². The number of aliphatic carboxylic acids is 1. The summed E-state index contributed by atoms with van der Waals surface area (Å²) in [6.45, 7) is 0.244. The molecule has 4 aromatic rings. The smallest absolute Gasteiger partial charge is 0.407 e. The fourth-order valence-corrected chi connectivity index (χ4v) is 4.94. The number of carbonyl (C=O) groups is 2. The molecule has 0 heterocycles. The van der Waals surface area contributed by atoms with Crippen molar-refractivity contribution in [2.24, 2.45) is 0 Å². The molecule has 0 aromatic heterocycles. The molecule has 0 saturated heterocycles. The number of amides is 1. The van der Waals surface area contributed by atoms with E-state index in [4.69, 9.17) is 9.47 Å². The van der Waals surface area contributed by atoms with E-state index in [1.807, 2.05) is 78.9 Å². The van der Waals surface area contributed by atoms with Gasteiger partial charge in [0.1, 0.15) is 25.0 Å². The van der Waals surface area contributed by atoms with Crippen LogP contribution in [0.4, 0.5) is 10.5 Å². The van der Waals surface area contributed by atoms with E-state index in [0.29, 0.717) is 5.75 Å². The van der Waals surface area contributed by atoms with Crippen LogP contribution in [-0.2, 0) is 22.6 Å². The van der Waals surface area contributed by atoms with Crippen LogP contribution in [0.1, 0.15) is 28.2 Å². The van der Waals surface area contributed by atoms with Gasteiger partial charge in [0.2, 0.25) is 0 Å². The Hall–Kier alpha value is -5.18. The summed E-state index contributed by atoms with van der Waals surface area (Å²) in [7, 11) is 0. The predicted octanol–water partition coefficient (Wildman–Crippen LogP) is 5.71. The molecule has 202 valence electrons. The maximum absolute atomic E-state index is 12.7. The Morgan fingerprint density at radius 1 is 0.900 bits per heavy atom. The molecule has 9 nitrogen and oxygen atoms in total. The number of hydrogen-bond donors (Lipinski definition) is 2. The zero-order valence-corrected chi connectivity index (χ0v) is 21.4. The Bertz CT molecular complexity index is 1510. The first-order valence-corrected chi connectivity index (χ1v) is 12.7. The lowest BCUT2D eigenvalue weighted by molar-refractivity contribution is -0.385. The average molecular weight is 539 g/mol. The van der Waals surface area contributed by atoms with Gasteiger partial charge in [0.25, 0.3) is 5.69 Å². The first kappa shape index (κ1) is 26.4. The molecule has 2 N–H and O–H groups in total. The molecule has 40 heavy (non-hydrogen) atoms. The zero-order valence-electron chi connectivity index (χ0n) is 21.4. The van der Waals surface area contributed by atoms with Crippen molar-refractivity contribution in [1.82, 2.24) is 5.32 Å². The normalized spacial score (nSPS) is 12.6. The highest BCUT2D eigenvalue weighted by Crippen LogP contribution is 2.44. The largest absolute Gasteiger partial charge is 0.489 e. The third-order valence-corrected chi connectivity index (χ3v) is 6.85. The topological polar surface area (TPSA) is 128 Å². The van der Waals surface area contributed by atoms with Gasteiger partial charge in [-0.25, -0.2) is 9.59 Å². The van der Waals surface area contributed by atoms with Crippen molar-refractivity contribution in [2.75, 3.05) is 6.61 Å². The van der Waals surface area contributed by atoms with E-state index in [2.05, 4.69) is 5.32 Å². The first-order chi connectivity index (χ1) is 19.4. The number of carboxylic acid groups (broad SMARTS) is 1. The van der Waals surface area contributed by atoms with Gasteiger partial charge in [-0.3, -0.25) is 10.1 Å². The average Bonchev–Trinajstić information content (AvgIpc) is 3.28. The van der Waals surface area contributed by atoms with E-state index in [9.17, 15) is 24.8 Å². The van der Waals surface area contributed by atoms with Crippen LogP contribution in [0, 0.1) is 10.1 Å². The molecule has 4 aromatic carbocycles. The molecule has 1 aliphatic carbocycles.